The third-order valence-corrected chi connectivity index (χ3v) is 4.71. The summed E-state index contributed by atoms with van der Waals surface area (Å²) in [6.07, 6.45) is 1.22. The Balaban J connectivity index is 1.47. The second-order valence-electron chi connectivity index (χ2n) is 6.40. The van der Waals surface area contributed by atoms with Crippen molar-refractivity contribution in [3.63, 3.8) is 0 Å². The molecule has 4 rings (SSSR count). The van der Waals surface area contributed by atoms with E-state index in [0.29, 0.717) is 43.0 Å². The summed E-state index contributed by atoms with van der Waals surface area (Å²) in [5.74, 6) is 0.249. The Hall–Kier alpha value is -3.75. The highest BCUT2D eigenvalue weighted by atomic mass is 16.6. The first-order chi connectivity index (χ1) is 13.5. The minimum absolute atomic E-state index is 0.0145. The van der Waals surface area contributed by atoms with E-state index >= 15 is 0 Å². The number of piperazine rings is 1. The summed E-state index contributed by atoms with van der Waals surface area (Å²) in [6.45, 7) is 1.83. The Labute approximate surface area is 159 Å². The molecule has 0 spiro atoms. The van der Waals surface area contributed by atoms with E-state index in [-0.39, 0.29) is 17.2 Å². The van der Waals surface area contributed by atoms with Crippen molar-refractivity contribution in [3.8, 4) is 0 Å². The average Bonchev–Trinajstić information content (AvgIpc) is 2.73. The number of carbonyl (C=O) groups is 1. The molecule has 3 heterocycles. The van der Waals surface area contributed by atoms with Crippen LogP contribution in [0.25, 0.3) is 11.0 Å². The third kappa shape index (κ3) is 3.29. The predicted molar refractivity (Wildman–Crippen MR) is 101 cm³/mol. The van der Waals surface area contributed by atoms with Gasteiger partial charge in [-0.15, -0.1) is 0 Å². The van der Waals surface area contributed by atoms with Crippen molar-refractivity contribution >= 4 is 28.4 Å². The molecule has 9 nitrogen and oxygen atoms in total. The van der Waals surface area contributed by atoms with Crippen LogP contribution in [-0.2, 0) is 0 Å². The van der Waals surface area contributed by atoms with Crippen LogP contribution in [0.5, 0.6) is 0 Å². The molecule has 0 radical (unpaired) electrons. The van der Waals surface area contributed by atoms with Gasteiger partial charge in [0.2, 0.25) is 0 Å². The van der Waals surface area contributed by atoms with Crippen LogP contribution in [0.15, 0.2) is 57.9 Å². The summed E-state index contributed by atoms with van der Waals surface area (Å²) < 4.78 is 5.25. The molecule has 142 valence electrons. The highest BCUT2D eigenvalue weighted by Gasteiger charge is 2.25. The van der Waals surface area contributed by atoms with Gasteiger partial charge >= 0.3 is 5.63 Å². The molecule has 2 aromatic heterocycles. The van der Waals surface area contributed by atoms with Gasteiger partial charge in [0.15, 0.2) is 0 Å². The second-order valence-corrected chi connectivity index (χ2v) is 6.40. The zero-order valence-electron chi connectivity index (χ0n) is 14.8. The maximum absolute atomic E-state index is 12.8. The minimum atomic E-state index is -0.650. The van der Waals surface area contributed by atoms with Gasteiger partial charge in [0, 0.05) is 37.6 Å². The van der Waals surface area contributed by atoms with E-state index in [1.165, 1.54) is 12.3 Å². The van der Waals surface area contributed by atoms with Gasteiger partial charge in [-0.2, -0.15) is 0 Å². The van der Waals surface area contributed by atoms with E-state index in [2.05, 4.69) is 4.98 Å². The van der Waals surface area contributed by atoms with Crippen molar-refractivity contribution in [1.29, 1.82) is 0 Å². The second kappa shape index (κ2) is 7.10. The Morgan fingerprint density at radius 1 is 1.11 bits per heavy atom. The fourth-order valence-corrected chi connectivity index (χ4v) is 3.19. The van der Waals surface area contributed by atoms with Crippen molar-refractivity contribution in [3.05, 3.63) is 74.8 Å². The van der Waals surface area contributed by atoms with Gasteiger partial charge < -0.3 is 14.2 Å². The highest BCUT2D eigenvalue weighted by molar-refractivity contribution is 5.96. The smallest absolute Gasteiger partial charge is 0.349 e. The fraction of sp³-hybridized carbons (Fsp3) is 0.211. The first-order valence-corrected chi connectivity index (χ1v) is 8.70. The number of fused-ring (bicyclic) bond motifs is 1. The highest BCUT2D eigenvalue weighted by Crippen LogP contribution is 2.19. The standard InChI is InChI=1S/C19H16N4O5/c24-18(15-11-13-3-1-2-4-16(13)28-19(15)25)22-9-7-21(8-10-22)17-6-5-14(12-20-17)23(26)27/h1-6,11-12H,7-10H2. The number of aromatic nitrogens is 1. The molecule has 28 heavy (non-hydrogen) atoms. The molecule has 0 aliphatic carbocycles. The SMILES string of the molecule is O=C(c1cc2ccccc2oc1=O)N1CCN(c2ccc([N+](=O)[O-])cn2)CC1. The summed E-state index contributed by atoms with van der Waals surface area (Å²) >= 11 is 0. The van der Waals surface area contributed by atoms with Crippen LogP contribution >= 0.6 is 0 Å². The number of hydrogen-bond acceptors (Lipinski definition) is 7. The number of pyridine rings is 1. The Bertz CT molecular complexity index is 1100. The third-order valence-electron chi connectivity index (χ3n) is 4.71. The van der Waals surface area contributed by atoms with Crippen molar-refractivity contribution in [2.45, 2.75) is 0 Å². The van der Waals surface area contributed by atoms with Gasteiger partial charge in [0.05, 0.1) is 4.92 Å². The first kappa shape index (κ1) is 17.7. The van der Waals surface area contributed by atoms with Crippen LogP contribution < -0.4 is 10.5 Å². The predicted octanol–water partition coefficient (Wildman–Crippen LogP) is 2.06. The normalized spacial score (nSPS) is 14.3. The molecule has 1 saturated heterocycles. The van der Waals surface area contributed by atoms with E-state index in [1.807, 2.05) is 11.0 Å². The number of nitrogens with zero attached hydrogens (tertiary/aromatic N) is 4. The molecule has 1 fully saturated rings. The lowest BCUT2D eigenvalue weighted by Crippen LogP contribution is -2.49. The molecular weight excluding hydrogens is 364 g/mol. The summed E-state index contributed by atoms with van der Waals surface area (Å²) in [5, 5.41) is 11.4. The van der Waals surface area contributed by atoms with Crippen molar-refractivity contribution in [1.82, 2.24) is 9.88 Å². The lowest BCUT2D eigenvalue weighted by molar-refractivity contribution is -0.385. The fourth-order valence-electron chi connectivity index (χ4n) is 3.19. The van der Waals surface area contributed by atoms with E-state index < -0.39 is 10.5 Å². The molecule has 1 aliphatic rings. The van der Waals surface area contributed by atoms with Crippen LogP contribution in [0.2, 0.25) is 0 Å². The van der Waals surface area contributed by atoms with Gasteiger partial charge in [-0.25, -0.2) is 9.78 Å². The van der Waals surface area contributed by atoms with Crippen molar-refractivity contribution in [2.24, 2.45) is 0 Å². The Kier molecular flexibility index (Phi) is 4.48. The first-order valence-electron chi connectivity index (χ1n) is 8.70. The maximum Gasteiger partial charge on any atom is 0.349 e. The Morgan fingerprint density at radius 2 is 1.86 bits per heavy atom. The van der Waals surface area contributed by atoms with Crippen LogP contribution in [0, 0.1) is 10.1 Å². The topological polar surface area (TPSA) is 110 Å². The molecule has 1 aliphatic heterocycles. The van der Waals surface area contributed by atoms with E-state index in [0.717, 1.165) is 0 Å². The van der Waals surface area contributed by atoms with E-state index in [1.54, 1.807) is 35.2 Å². The van der Waals surface area contributed by atoms with Gasteiger partial charge in [0.25, 0.3) is 11.6 Å². The maximum atomic E-state index is 12.8. The summed E-state index contributed by atoms with van der Waals surface area (Å²) in [7, 11) is 0. The summed E-state index contributed by atoms with van der Waals surface area (Å²) in [4.78, 5) is 42.9. The number of anilines is 1. The number of amides is 1. The molecule has 0 bridgehead atoms. The minimum Gasteiger partial charge on any atom is -0.422 e. The van der Waals surface area contributed by atoms with E-state index in [4.69, 9.17) is 4.42 Å². The number of para-hydroxylation sites is 1. The average molecular weight is 380 g/mol. The zero-order chi connectivity index (χ0) is 19.7. The lowest BCUT2D eigenvalue weighted by Gasteiger charge is -2.35. The monoisotopic (exact) mass is 380 g/mol. The van der Waals surface area contributed by atoms with Crippen molar-refractivity contribution in [2.75, 3.05) is 31.1 Å². The number of rotatable bonds is 3. The molecule has 3 aromatic rings. The van der Waals surface area contributed by atoms with Gasteiger partial charge in [0.1, 0.15) is 23.2 Å². The molecule has 1 aromatic carbocycles. The van der Waals surface area contributed by atoms with Gasteiger partial charge in [-0.05, 0) is 18.2 Å². The van der Waals surface area contributed by atoms with Gasteiger partial charge in [-0.3, -0.25) is 14.9 Å². The molecular formula is C19H16N4O5. The quantitative estimate of drug-likeness (QED) is 0.388. The molecule has 0 saturated carbocycles. The van der Waals surface area contributed by atoms with Crippen LogP contribution in [0.3, 0.4) is 0 Å². The molecule has 9 heteroatoms. The van der Waals surface area contributed by atoms with Crippen LogP contribution in [-0.4, -0.2) is 46.9 Å². The lowest BCUT2D eigenvalue weighted by atomic mass is 10.1. The Morgan fingerprint density at radius 3 is 2.54 bits per heavy atom. The number of nitro groups is 1. The van der Waals surface area contributed by atoms with Crippen LogP contribution in [0.4, 0.5) is 11.5 Å². The largest absolute Gasteiger partial charge is 0.422 e. The number of benzene rings is 1. The number of hydrogen-bond donors (Lipinski definition) is 0. The van der Waals surface area contributed by atoms with E-state index in [9.17, 15) is 19.7 Å². The zero-order valence-corrected chi connectivity index (χ0v) is 14.8. The molecule has 0 unspecified atom stereocenters. The molecule has 0 N–H and O–H groups in total. The van der Waals surface area contributed by atoms with Crippen LogP contribution in [0.1, 0.15) is 10.4 Å². The summed E-state index contributed by atoms with van der Waals surface area (Å²) in [5.41, 5.74) is -0.262. The van der Waals surface area contributed by atoms with Gasteiger partial charge in [-0.1, -0.05) is 18.2 Å². The molecule has 1 amide bonds. The molecule has 0 atom stereocenters. The number of carbonyl (C=O) groups excluding carboxylic acids is 1. The summed E-state index contributed by atoms with van der Waals surface area (Å²) in [6, 6.07) is 11.6. The van der Waals surface area contributed by atoms with Crippen molar-refractivity contribution < 1.29 is 14.1 Å².